The highest BCUT2D eigenvalue weighted by Gasteiger charge is 2.17. The zero-order valence-corrected chi connectivity index (χ0v) is 11.5. The summed E-state index contributed by atoms with van der Waals surface area (Å²) in [6, 6.07) is 10.4. The van der Waals surface area contributed by atoms with Crippen LogP contribution in [0.3, 0.4) is 0 Å². The van der Waals surface area contributed by atoms with Crippen LogP contribution >= 0.6 is 11.3 Å². The minimum Gasteiger partial charge on any atom is -0.399 e. The molecule has 0 amide bonds. The van der Waals surface area contributed by atoms with E-state index in [2.05, 4.69) is 30.0 Å². The van der Waals surface area contributed by atoms with Crippen molar-refractivity contribution >= 4 is 22.0 Å². The first-order valence-corrected chi connectivity index (χ1v) is 7.27. The van der Waals surface area contributed by atoms with Crippen LogP contribution in [0, 0.1) is 6.92 Å². The van der Waals surface area contributed by atoms with E-state index in [1.54, 1.807) is 0 Å². The number of anilines is 2. The van der Waals surface area contributed by atoms with Crippen LogP contribution < -0.4 is 10.6 Å². The lowest BCUT2D eigenvalue weighted by Crippen LogP contribution is -2.16. The third-order valence-corrected chi connectivity index (χ3v) is 4.80. The third kappa shape index (κ3) is 2.10. The molecular formula is C15H18N2S. The topological polar surface area (TPSA) is 29.3 Å². The van der Waals surface area contributed by atoms with Gasteiger partial charge >= 0.3 is 0 Å². The van der Waals surface area contributed by atoms with E-state index in [9.17, 15) is 0 Å². The van der Waals surface area contributed by atoms with E-state index in [0.717, 1.165) is 5.69 Å². The van der Waals surface area contributed by atoms with Gasteiger partial charge in [-0.1, -0.05) is 12.1 Å². The van der Waals surface area contributed by atoms with Crippen LogP contribution in [0.1, 0.15) is 18.4 Å². The van der Waals surface area contributed by atoms with Gasteiger partial charge < -0.3 is 10.6 Å². The summed E-state index contributed by atoms with van der Waals surface area (Å²) in [5.41, 5.74) is 9.31. The summed E-state index contributed by atoms with van der Waals surface area (Å²) in [5.74, 6) is 0. The van der Waals surface area contributed by atoms with E-state index in [1.165, 1.54) is 46.9 Å². The fraction of sp³-hybridized carbons (Fsp3) is 0.333. The quantitative estimate of drug-likeness (QED) is 0.828. The molecule has 1 aliphatic rings. The molecule has 1 saturated heterocycles. The van der Waals surface area contributed by atoms with E-state index < -0.39 is 0 Å². The fourth-order valence-corrected chi connectivity index (χ4v) is 3.76. The average molecular weight is 258 g/mol. The normalized spacial score (nSPS) is 15.3. The standard InChI is InChI=1S/C15H18N2S/c1-11-9-14(12-5-4-6-13(16)10-12)18-15(11)17-7-2-3-8-17/h4-6,9-10H,2-3,7-8,16H2,1H3. The van der Waals surface area contributed by atoms with Crippen molar-refractivity contribution in [3.05, 3.63) is 35.9 Å². The molecule has 0 saturated carbocycles. The number of hydrogen-bond donors (Lipinski definition) is 1. The summed E-state index contributed by atoms with van der Waals surface area (Å²) in [4.78, 5) is 3.83. The van der Waals surface area contributed by atoms with Crippen molar-refractivity contribution in [3.8, 4) is 10.4 Å². The highest BCUT2D eigenvalue weighted by Crippen LogP contribution is 2.38. The molecule has 0 unspecified atom stereocenters. The molecule has 2 N–H and O–H groups in total. The molecule has 94 valence electrons. The molecule has 1 fully saturated rings. The summed E-state index contributed by atoms with van der Waals surface area (Å²) in [5, 5.41) is 1.44. The number of aryl methyl sites for hydroxylation is 1. The minimum atomic E-state index is 0.835. The van der Waals surface area contributed by atoms with E-state index in [4.69, 9.17) is 5.73 Å². The molecule has 0 radical (unpaired) electrons. The van der Waals surface area contributed by atoms with E-state index in [1.807, 2.05) is 23.5 Å². The van der Waals surface area contributed by atoms with Crippen LogP contribution in [-0.4, -0.2) is 13.1 Å². The molecule has 0 bridgehead atoms. The van der Waals surface area contributed by atoms with Crippen LogP contribution in [0.2, 0.25) is 0 Å². The summed E-state index contributed by atoms with van der Waals surface area (Å²) < 4.78 is 0. The van der Waals surface area contributed by atoms with Crippen molar-refractivity contribution in [2.75, 3.05) is 23.7 Å². The molecule has 0 spiro atoms. The van der Waals surface area contributed by atoms with E-state index in [-0.39, 0.29) is 0 Å². The fourth-order valence-electron chi connectivity index (χ4n) is 2.54. The van der Waals surface area contributed by atoms with Crippen molar-refractivity contribution in [3.63, 3.8) is 0 Å². The average Bonchev–Trinajstić information content (AvgIpc) is 2.97. The predicted octanol–water partition coefficient (Wildman–Crippen LogP) is 3.91. The molecule has 2 heterocycles. The van der Waals surface area contributed by atoms with Gasteiger partial charge in [0.1, 0.15) is 0 Å². The Morgan fingerprint density at radius 1 is 1.17 bits per heavy atom. The molecule has 1 aliphatic heterocycles. The van der Waals surface area contributed by atoms with Gasteiger partial charge in [0.05, 0.1) is 5.00 Å². The third-order valence-electron chi connectivity index (χ3n) is 3.46. The summed E-state index contributed by atoms with van der Waals surface area (Å²) in [6.45, 7) is 4.62. The van der Waals surface area contributed by atoms with Gasteiger partial charge in [-0.15, -0.1) is 11.3 Å². The monoisotopic (exact) mass is 258 g/mol. The highest BCUT2D eigenvalue weighted by molar-refractivity contribution is 7.19. The summed E-state index contributed by atoms with van der Waals surface area (Å²) >= 11 is 1.89. The molecule has 2 nitrogen and oxygen atoms in total. The lowest BCUT2D eigenvalue weighted by atomic mass is 10.1. The van der Waals surface area contributed by atoms with Crippen molar-refractivity contribution in [2.45, 2.75) is 19.8 Å². The van der Waals surface area contributed by atoms with Gasteiger partial charge in [0.15, 0.2) is 0 Å². The smallest absolute Gasteiger partial charge is 0.0944 e. The van der Waals surface area contributed by atoms with Crippen molar-refractivity contribution in [2.24, 2.45) is 0 Å². The van der Waals surface area contributed by atoms with E-state index >= 15 is 0 Å². The zero-order chi connectivity index (χ0) is 12.5. The second-order valence-corrected chi connectivity index (χ2v) is 5.95. The maximum absolute atomic E-state index is 5.86. The van der Waals surface area contributed by atoms with Crippen molar-refractivity contribution < 1.29 is 0 Å². The molecule has 1 aromatic carbocycles. The maximum Gasteiger partial charge on any atom is 0.0944 e. The van der Waals surface area contributed by atoms with Gasteiger partial charge in [-0.2, -0.15) is 0 Å². The van der Waals surface area contributed by atoms with Crippen molar-refractivity contribution in [1.29, 1.82) is 0 Å². The lowest BCUT2D eigenvalue weighted by molar-refractivity contribution is 0.949. The van der Waals surface area contributed by atoms with Crippen molar-refractivity contribution in [1.82, 2.24) is 0 Å². The minimum absolute atomic E-state index is 0.835. The number of hydrogen-bond acceptors (Lipinski definition) is 3. The Balaban J connectivity index is 1.96. The first-order valence-electron chi connectivity index (χ1n) is 6.45. The highest BCUT2D eigenvalue weighted by atomic mass is 32.1. The summed E-state index contributed by atoms with van der Waals surface area (Å²) in [7, 11) is 0. The maximum atomic E-state index is 5.86. The molecule has 3 heteroatoms. The first-order chi connectivity index (χ1) is 8.74. The van der Waals surface area contributed by atoms with Crippen LogP contribution in [0.4, 0.5) is 10.7 Å². The number of nitrogens with two attached hydrogens (primary N) is 1. The number of thiophene rings is 1. The second kappa shape index (κ2) is 4.65. The molecule has 2 aromatic rings. The van der Waals surface area contributed by atoms with E-state index in [0.29, 0.717) is 0 Å². The Labute approximate surface area is 112 Å². The SMILES string of the molecule is Cc1cc(-c2cccc(N)c2)sc1N1CCCC1. The first kappa shape index (κ1) is 11.6. The molecular weight excluding hydrogens is 240 g/mol. The van der Waals surface area contributed by atoms with Gasteiger partial charge in [-0.25, -0.2) is 0 Å². The second-order valence-electron chi connectivity index (χ2n) is 4.92. The largest absolute Gasteiger partial charge is 0.399 e. The Hall–Kier alpha value is -1.48. The van der Waals surface area contributed by atoms with Gasteiger partial charge in [-0.05, 0) is 49.1 Å². The lowest BCUT2D eigenvalue weighted by Gasteiger charge is -2.15. The molecule has 1 aromatic heterocycles. The van der Waals surface area contributed by atoms with Gasteiger partial charge in [0, 0.05) is 23.7 Å². The number of rotatable bonds is 2. The molecule has 0 atom stereocenters. The Kier molecular flexibility index (Phi) is 3.00. The van der Waals surface area contributed by atoms with Crippen LogP contribution in [0.15, 0.2) is 30.3 Å². The zero-order valence-electron chi connectivity index (χ0n) is 10.6. The van der Waals surface area contributed by atoms with Crippen LogP contribution in [-0.2, 0) is 0 Å². The predicted molar refractivity (Wildman–Crippen MR) is 80.4 cm³/mol. The Morgan fingerprint density at radius 2 is 1.94 bits per heavy atom. The Morgan fingerprint density at radius 3 is 2.67 bits per heavy atom. The van der Waals surface area contributed by atoms with Gasteiger partial charge in [0.25, 0.3) is 0 Å². The van der Waals surface area contributed by atoms with Gasteiger partial charge in [-0.3, -0.25) is 0 Å². The number of benzene rings is 1. The Bertz CT molecular complexity index is 553. The molecule has 3 rings (SSSR count). The van der Waals surface area contributed by atoms with Gasteiger partial charge in [0.2, 0.25) is 0 Å². The summed E-state index contributed by atoms with van der Waals surface area (Å²) in [6.07, 6.45) is 2.65. The molecule has 0 aliphatic carbocycles. The number of nitrogens with zero attached hydrogens (tertiary/aromatic N) is 1. The number of nitrogen functional groups attached to an aromatic ring is 1. The molecule has 18 heavy (non-hydrogen) atoms. The van der Waals surface area contributed by atoms with Crippen LogP contribution in [0.25, 0.3) is 10.4 Å². The van der Waals surface area contributed by atoms with Crippen LogP contribution in [0.5, 0.6) is 0 Å².